The van der Waals surface area contributed by atoms with Crippen molar-refractivity contribution in [1.82, 2.24) is 9.88 Å². The Kier molecular flexibility index (Phi) is 5.21. The monoisotopic (exact) mass is 374 g/mol. The third kappa shape index (κ3) is 4.08. The largest absolute Gasteiger partial charge is 0.486 e. The SMILES string of the molecule is O=C(CCN1CCN(c2nccs2)CC1)Nc1ccc2c(c1)OCCO2. The maximum Gasteiger partial charge on any atom is 0.225 e. The van der Waals surface area contributed by atoms with Crippen molar-refractivity contribution in [3.05, 3.63) is 29.8 Å². The lowest BCUT2D eigenvalue weighted by molar-refractivity contribution is -0.116. The van der Waals surface area contributed by atoms with Gasteiger partial charge in [0.2, 0.25) is 5.91 Å². The van der Waals surface area contributed by atoms with E-state index in [4.69, 9.17) is 9.47 Å². The molecule has 1 fully saturated rings. The molecule has 2 aliphatic heterocycles. The highest BCUT2D eigenvalue weighted by Crippen LogP contribution is 2.32. The van der Waals surface area contributed by atoms with Gasteiger partial charge in [0, 0.05) is 62.5 Å². The fourth-order valence-electron chi connectivity index (χ4n) is 3.14. The van der Waals surface area contributed by atoms with Gasteiger partial charge in [0.25, 0.3) is 0 Å². The summed E-state index contributed by atoms with van der Waals surface area (Å²) in [5.74, 6) is 1.43. The normalized spacial score (nSPS) is 17.2. The van der Waals surface area contributed by atoms with E-state index in [0.29, 0.717) is 25.4 Å². The number of nitrogens with zero attached hydrogens (tertiary/aromatic N) is 3. The first kappa shape index (κ1) is 17.1. The van der Waals surface area contributed by atoms with Gasteiger partial charge in [-0.1, -0.05) is 0 Å². The van der Waals surface area contributed by atoms with E-state index in [1.54, 1.807) is 11.3 Å². The van der Waals surface area contributed by atoms with Crippen LogP contribution in [0.15, 0.2) is 29.8 Å². The Labute approximate surface area is 156 Å². The van der Waals surface area contributed by atoms with E-state index in [-0.39, 0.29) is 5.91 Å². The molecule has 0 radical (unpaired) electrons. The molecule has 0 saturated carbocycles. The summed E-state index contributed by atoms with van der Waals surface area (Å²) >= 11 is 1.67. The molecular formula is C18H22N4O3S. The zero-order valence-electron chi connectivity index (χ0n) is 14.5. The molecular weight excluding hydrogens is 352 g/mol. The molecule has 0 spiro atoms. The molecule has 4 rings (SSSR count). The Hall–Kier alpha value is -2.32. The fourth-order valence-corrected chi connectivity index (χ4v) is 3.84. The quantitative estimate of drug-likeness (QED) is 0.864. The third-order valence-corrected chi connectivity index (χ3v) is 5.38. The molecule has 2 aliphatic rings. The maximum absolute atomic E-state index is 12.2. The first-order chi connectivity index (χ1) is 12.8. The van der Waals surface area contributed by atoms with E-state index >= 15 is 0 Å². The van der Waals surface area contributed by atoms with Gasteiger partial charge in [0.1, 0.15) is 13.2 Å². The van der Waals surface area contributed by atoms with Crippen LogP contribution < -0.4 is 19.7 Å². The second kappa shape index (κ2) is 7.92. The first-order valence-corrected chi connectivity index (χ1v) is 9.72. The van der Waals surface area contributed by atoms with Crippen LogP contribution in [-0.2, 0) is 4.79 Å². The Morgan fingerprint density at radius 3 is 2.73 bits per heavy atom. The topological polar surface area (TPSA) is 66.9 Å². The standard InChI is InChI=1S/C18H22N4O3S/c23-17(20-14-1-2-15-16(13-14)25-11-10-24-15)3-5-21-6-8-22(9-7-21)18-19-4-12-26-18/h1-2,4,12-13H,3,5-11H2,(H,20,23). The molecule has 26 heavy (non-hydrogen) atoms. The van der Waals surface area contributed by atoms with E-state index < -0.39 is 0 Å². The number of thiazole rings is 1. The van der Waals surface area contributed by atoms with Crippen LogP contribution in [0.25, 0.3) is 0 Å². The summed E-state index contributed by atoms with van der Waals surface area (Å²) in [5, 5.41) is 6.03. The number of hydrogen-bond donors (Lipinski definition) is 1. The van der Waals surface area contributed by atoms with Crippen molar-refractivity contribution >= 4 is 28.1 Å². The van der Waals surface area contributed by atoms with Crippen molar-refractivity contribution in [3.63, 3.8) is 0 Å². The molecule has 1 saturated heterocycles. The summed E-state index contributed by atoms with van der Waals surface area (Å²) in [6, 6.07) is 5.50. The summed E-state index contributed by atoms with van der Waals surface area (Å²) in [6.07, 6.45) is 2.32. The van der Waals surface area contributed by atoms with Crippen LogP contribution in [0, 0.1) is 0 Å². The first-order valence-electron chi connectivity index (χ1n) is 8.84. The number of fused-ring (bicyclic) bond motifs is 1. The average Bonchev–Trinajstić information content (AvgIpc) is 3.21. The van der Waals surface area contributed by atoms with E-state index in [1.807, 2.05) is 29.8 Å². The smallest absolute Gasteiger partial charge is 0.225 e. The Bertz CT molecular complexity index is 745. The highest BCUT2D eigenvalue weighted by atomic mass is 32.1. The van der Waals surface area contributed by atoms with Gasteiger partial charge in [-0.25, -0.2) is 4.98 Å². The molecule has 3 heterocycles. The van der Waals surface area contributed by atoms with Crippen LogP contribution in [-0.4, -0.2) is 61.7 Å². The molecule has 7 nitrogen and oxygen atoms in total. The summed E-state index contributed by atoms with van der Waals surface area (Å²) in [7, 11) is 0. The number of benzene rings is 1. The fraction of sp³-hybridized carbons (Fsp3) is 0.444. The third-order valence-electron chi connectivity index (χ3n) is 4.54. The summed E-state index contributed by atoms with van der Waals surface area (Å²) in [5.41, 5.74) is 0.743. The maximum atomic E-state index is 12.2. The second-order valence-corrected chi connectivity index (χ2v) is 7.17. The summed E-state index contributed by atoms with van der Waals surface area (Å²) in [6.45, 7) is 5.69. The second-order valence-electron chi connectivity index (χ2n) is 6.30. The van der Waals surface area contributed by atoms with Crippen molar-refractivity contribution in [3.8, 4) is 11.5 Å². The molecule has 0 atom stereocenters. The number of nitrogens with one attached hydrogen (secondary N) is 1. The van der Waals surface area contributed by atoms with Crippen LogP contribution in [0.4, 0.5) is 10.8 Å². The average molecular weight is 374 g/mol. The van der Waals surface area contributed by atoms with Gasteiger partial charge in [0.15, 0.2) is 16.6 Å². The predicted octanol–water partition coefficient (Wildman–Crippen LogP) is 2.07. The number of carbonyl (C=O) groups is 1. The molecule has 1 N–H and O–H groups in total. The molecule has 1 aromatic heterocycles. The Morgan fingerprint density at radius 1 is 1.15 bits per heavy atom. The van der Waals surface area contributed by atoms with Crippen molar-refractivity contribution in [2.75, 3.05) is 56.2 Å². The minimum atomic E-state index is 0.0176. The molecule has 0 aliphatic carbocycles. The van der Waals surface area contributed by atoms with Crippen molar-refractivity contribution < 1.29 is 14.3 Å². The molecule has 0 bridgehead atoms. The molecule has 1 amide bonds. The van der Waals surface area contributed by atoms with E-state index in [0.717, 1.165) is 49.3 Å². The van der Waals surface area contributed by atoms with Crippen LogP contribution in [0.3, 0.4) is 0 Å². The van der Waals surface area contributed by atoms with Crippen LogP contribution in [0.2, 0.25) is 0 Å². The van der Waals surface area contributed by atoms with E-state index in [9.17, 15) is 4.79 Å². The van der Waals surface area contributed by atoms with Crippen molar-refractivity contribution in [2.24, 2.45) is 0 Å². The number of anilines is 2. The minimum absolute atomic E-state index is 0.0176. The molecule has 2 aromatic rings. The van der Waals surface area contributed by atoms with Gasteiger partial charge in [0.05, 0.1) is 0 Å². The lowest BCUT2D eigenvalue weighted by Crippen LogP contribution is -2.47. The highest BCUT2D eigenvalue weighted by Gasteiger charge is 2.19. The highest BCUT2D eigenvalue weighted by molar-refractivity contribution is 7.13. The molecule has 8 heteroatoms. The zero-order valence-corrected chi connectivity index (χ0v) is 15.3. The van der Waals surface area contributed by atoms with Gasteiger partial charge < -0.3 is 19.7 Å². The minimum Gasteiger partial charge on any atom is -0.486 e. The van der Waals surface area contributed by atoms with Gasteiger partial charge in [-0.15, -0.1) is 11.3 Å². The lowest BCUT2D eigenvalue weighted by atomic mass is 10.2. The van der Waals surface area contributed by atoms with Crippen LogP contribution in [0.1, 0.15) is 6.42 Å². The molecule has 138 valence electrons. The van der Waals surface area contributed by atoms with E-state index in [2.05, 4.69) is 20.1 Å². The number of rotatable bonds is 5. The summed E-state index contributed by atoms with van der Waals surface area (Å²) in [4.78, 5) is 21.2. The van der Waals surface area contributed by atoms with E-state index in [1.165, 1.54) is 0 Å². The van der Waals surface area contributed by atoms with Crippen molar-refractivity contribution in [1.29, 1.82) is 0 Å². The van der Waals surface area contributed by atoms with Gasteiger partial charge >= 0.3 is 0 Å². The number of ether oxygens (including phenoxy) is 2. The summed E-state index contributed by atoms with van der Waals surface area (Å²) < 4.78 is 11.0. The lowest BCUT2D eigenvalue weighted by Gasteiger charge is -2.34. The Morgan fingerprint density at radius 2 is 1.96 bits per heavy atom. The number of hydrogen-bond acceptors (Lipinski definition) is 7. The Balaban J connectivity index is 1.22. The van der Waals surface area contributed by atoms with Gasteiger partial charge in [-0.05, 0) is 12.1 Å². The van der Waals surface area contributed by atoms with Crippen molar-refractivity contribution in [2.45, 2.75) is 6.42 Å². The zero-order chi connectivity index (χ0) is 17.8. The van der Waals surface area contributed by atoms with Crippen LogP contribution in [0.5, 0.6) is 11.5 Å². The molecule has 0 unspecified atom stereocenters. The number of piperazine rings is 1. The van der Waals surface area contributed by atoms with Gasteiger partial charge in [-0.2, -0.15) is 0 Å². The number of carbonyl (C=O) groups excluding carboxylic acids is 1. The predicted molar refractivity (Wildman–Crippen MR) is 101 cm³/mol. The van der Waals surface area contributed by atoms with Gasteiger partial charge in [-0.3, -0.25) is 9.69 Å². The number of amides is 1. The number of aromatic nitrogens is 1. The molecule has 1 aromatic carbocycles. The van der Waals surface area contributed by atoms with Crippen LogP contribution >= 0.6 is 11.3 Å².